The summed E-state index contributed by atoms with van der Waals surface area (Å²) in [4.78, 5) is 2.69. The number of nitrogens with zero attached hydrogens (tertiary/aromatic N) is 1. The molecule has 2 unspecified atom stereocenters. The molecule has 0 amide bonds. The number of hydrogen-bond donors (Lipinski definition) is 1. The van der Waals surface area contributed by atoms with Gasteiger partial charge in [-0.1, -0.05) is 20.8 Å². The van der Waals surface area contributed by atoms with Gasteiger partial charge in [0.2, 0.25) is 0 Å². The number of hydrogen-bond acceptors (Lipinski definition) is 3. The summed E-state index contributed by atoms with van der Waals surface area (Å²) >= 11 is 0. The molecular formula is C16H32N2O. The molecule has 0 saturated carbocycles. The Hall–Kier alpha value is -0.120. The van der Waals surface area contributed by atoms with Crippen LogP contribution in [0.1, 0.15) is 46.5 Å². The van der Waals surface area contributed by atoms with E-state index in [9.17, 15) is 0 Å². The molecule has 2 aliphatic heterocycles. The van der Waals surface area contributed by atoms with E-state index >= 15 is 0 Å². The van der Waals surface area contributed by atoms with Crippen molar-refractivity contribution >= 4 is 0 Å². The Morgan fingerprint density at radius 1 is 1.32 bits per heavy atom. The van der Waals surface area contributed by atoms with Crippen molar-refractivity contribution in [3.05, 3.63) is 0 Å². The van der Waals surface area contributed by atoms with Crippen LogP contribution >= 0.6 is 0 Å². The Morgan fingerprint density at radius 2 is 2.05 bits per heavy atom. The van der Waals surface area contributed by atoms with E-state index in [2.05, 4.69) is 31.0 Å². The average molecular weight is 268 g/mol. The third kappa shape index (κ3) is 4.44. The minimum absolute atomic E-state index is 0.488. The standard InChI is InChI=1S/C16H32N2O/c1-4-8-17-15-5-9-18(12-14(15)2)13-16(3)6-10-19-11-7-16/h14-15,17H,4-13H2,1-3H3. The SMILES string of the molecule is CCCNC1CCN(CC2(C)CCOCC2)CC1C. The fourth-order valence-corrected chi connectivity index (χ4v) is 3.57. The molecule has 0 aliphatic carbocycles. The van der Waals surface area contributed by atoms with Crippen LogP contribution in [0.2, 0.25) is 0 Å². The number of likely N-dealkylation sites (tertiary alicyclic amines) is 1. The van der Waals surface area contributed by atoms with Crippen molar-refractivity contribution in [3.63, 3.8) is 0 Å². The van der Waals surface area contributed by atoms with Gasteiger partial charge in [0.1, 0.15) is 0 Å². The number of rotatable bonds is 5. The highest BCUT2D eigenvalue weighted by Gasteiger charge is 2.33. The van der Waals surface area contributed by atoms with Gasteiger partial charge in [-0.2, -0.15) is 0 Å². The minimum Gasteiger partial charge on any atom is -0.381 e. The van der Waals surface area contributed by atoms with Crippen LogP contribution in [0.15, 0.2) is 0 Å². The molecule has 2 aliphatic rings. The molecule has 3 heteroatoms. The number of nitrogens with one attached hydrogen (secondary N) is 1. The highest BCUT2D eigenvalue weighted by molar-refractivity contribution is 4.87. The predicted molar refractivity (Wildman–Crippen MR) is 80.5 cm³/mol. The lowest BCUT2D eigenvalue weighted by atomic mass is 9.81. The van der Waals surface area contributed by atoms with E-state index in [4.69, 9.17) is 4.74 Å². The van der Waals surface area contributed by atoms with Gasteiger partial charge in [0, 0.05) is 32.3 Å². The summed E-state index contributed by atoms with van der Waals surface area (Å²) in [6.07, 6.45) is 5.02. The molecule has 2 rings (SSSR count). The summed E-state index contributed by atoms with van der Waals surface area (Å²) < 4.78 is 5.51. The molecule has 0 spiro atoms. The highest BCUT2D eigenvalue weighted by atomic mass is 16.5. The molecule has 2 saturated heterocycles. The van der Waals surface area contributed by atoms with Gasteiger partial charge < -0.3 is 15.0 Å². The zero-order valence-corrected chi connectivity index (χ0v) is 13.1. The maximum atomic E-state index is 5.51. The maximum absolute atomic E-state index is 5.51. The molecule has 19 heavy (non-hydrogen) atoms. The summed E-state index contributed by atoms with van der Waals surface area (Å²) in [5.41, 5.74) is 0.488. The van der Waals surface area contributed by atoms with Gasteiger partial charge in [-0.15, -0.1) is 0 Å². The molecule has 3 nitrogen and oxygen atoms in total. The van der Waals surface area contributed by atoms with Gasteiger partial charge >= 0.3 is 0 Å². The second kappa shape index (κ2) is 7.05. The van der Waals surface area contributed by atoms with Gasteiger partial charge in [-0.05, 0) is 50.1 Å². The molecule has 0 aromatic heterocycles. The van der Waals surface area contributed by atoms with E-state index in [0.717, 1.165) is 25.2 Å². The largest absolute Gasteiger partial charge is 0.381 e. The lowest BCUT2D eigenvalue weighted by Crippen LogP contribution is -2.51. The quantitative estimate of drug-likeness (QED) is 0.829. The molecule has 0 aromatic rings. The Labute approximate surface area is 119 Å². The van der Waals surface area contributed by atoms with Gasteiger partial charge in [-0.3, -0.25) is 0 Å². The molecule has 1 N–H and O–H groups in total. The van der Waals surface area contributed by atoms with Crippen molar-refractivity contribution in [2.24, 2.45) is 11.3 Å². The molecule has 112 valence electrons. The van der Waals surface area contributed by atoms with Crippen molar-refractivity contribution in [1.29, 1.82) is 0 Å². The van der Waals surface area contributed by atoms with E-state index in [1.165, 1.54) is 51.9 Å². The Bertz CT molecular complexity index is 263. The summed E-state index contributed by atoms with van der Waals surface area (Å²) in [6.45, 7) is 14.0. The van der Waals surface area contributed by atoms with Crippen LogP contribution in [0.25, 0.3) is 0 Å². The fraction of sp³-hybridized carbons (Fsp3) is 1.00. The Morgan fingerprint density at radius 3 is 2.68 bits per heavy atom. The van der Waals surface area contributed by atoms with Crippen LogP contribution in [0.3, 0.4) is 0 Å². The second-order valence-electron chi connectivity index (χ2n) is 6.98. The summed E-state index contributed by atoms with van der Waals surface area (Å²) in [6, 6.07) is 0.735. The first-order chi connectivity index (χ1) is 9.13. The molecule has 0 aromatic carbocycles. The first-order valence-corrected chi connectivity index (χ1v) is 8.16. The van der Waals surface area contributed by atoms with E-state index in [1.807, 2.05) is 0 Å². The number of ether oxygens (including phenoxy) is 1. The predicted octanol–water partition coefficient (Wildman–Crippen LogP) is 2.51. The minimum atomic E-state index is 0.488. The second-order valence-corrected chi connectivity index (χ2v) is 6.98. The first kappa shape index (κ1) is 15.3. The topological polar surface area (TPSA) is 24.5 Å². The lowest BCUT2D eigenvalue weighted by molar-refractivity contribution is -0.00376. The third-order valence-corrected chi connectivity index (χ3v) is 4.95. The van der Waals surface area contributed by atoms with E-state index in [-0.39, 0.29) is 0 Å². The zero-order chi connectivity index (χ0) is 13.7. The first-order valence-electron chi connectivity index (χ1n) is 8.16. The third-order valence-electron chi connectivity index (χ3n) is 4.95. The van der Waals surface area contributed by atoms with E-state index in [1.54, 1.807) is 0 Å². The molecule has 2 atom stereocenters. The van der Waals surface area contributed by atoms with E-state index < -0.39 is 0 Å². The molecule has 0 bridgehead atoms. The lowest BCUT2D eigenvalue weighted by Gasteiger charge is -2.43. The van der Waals surface area contributed by atoms with Crippen LogP contribution in [0.4, 0.5) is 0 Å². The van der Waals surface area contributed by atoms with Crippen molar-refractivity contribution in [2.75, 3.05) is 39.4 Å². The summed E-state index contributed by atoms with van der Waals surface area (Å²) in [5.74, 6) is 0.781. The van der Waals surface area contributed by atoms with Crippen LogP contribution < -0.4 is 5.32 Å². The molecule has 2 heterocycles. The van der Waals surface area contributed by atoms with Crippen LogP contribution in [0, 0.1) is 11.3 Å². The van der Waals surface area contributed by atoms with Gasteiger partial charge in [0.15, 0.2) is 0 Å². The van der Waals surface area contributed by atoms with Crippen molar-refractivity contribution in [2.45, 2.75) is 52.5 Å². The van der Waals surface area contributed by atoms with Gasteiger partial charge in [0.05, 0.1) is 0 Å². The van der Waals surface area contributed by atoms with Gasteiger partial charge in [-0.25, -0.2) is 0 Å². The number of piperidine rings is 1. The van der Waals surface area contributed by atoms with Crippen LogP contribution in [-0.2, 0) is 4.74 Å². The average Bonchev–Trinajstić information content (AvgIpc) is 2.38. The van der Waals surface area contributed by atoms with Crippen LogP contribution in [-0.4, -0.2) is 50.3 Å². The molecular weight excluding hydrogens is 236 g/mol. The van der Waals surface area contributed by atoms with E-state index in [0.29, 0.717) is 5.41 Å². The van der Waals surface area contributed by atoms with Crippen molar-refractivity contribution in [1.82, 2.24) is 10.2 Å². The fourth-order valence-electron chi connectivity index (χ4n) is 3.57. The zero-order valence-electron chi connectivity index (χ0n) is 13.1. The summed E-state index contributed by atoms with van der Waals surface area (Å²) in [7, 11) is 0. The maximum Gasteiger partial charge on any atom is 0.0471 e. The van der Waals surface area contributed by atoms with Crippen molar-refractivity contribution in [3.8, 4) is 0 Å². The van der Waals surface area contributed by atoms with Crippen LogP contribution in [0.5, 0.6) is 0 Å². The monoisotopic (exact) mass is 268 g/mol. The molecule has 2 fully saturated rings. The summed E-state index contributed by atoms with van der Waals surface area (Å²) in [5, 5.41) is 3.71. The normalized spacial score (nSPS) is 32.4. The van der Waals surface area contributed by atoms with Crippen molar-refractivity contribution < 1.29 is 4.74 Å². The Balaban J connectivity index is 1.77. The highest BCUT2D eigenvalue weighted by Crippen LogP contribution is 2.32. The Kier molecular flexibility index (Phi) is 5.67. The molecule has 0 radical (unpaired) electrons. The smallest absolute Gasteiger partial charge is 0.0471 e. The van der Waals surface area contributed by atoms with Gasteiger partial charge in [0.25, 0.3) is 0 Å².